The third kappa shape index (κ3) is 3.63. The van der Waals surface area contributed by atoms with Gasteiger partial charge in [0.05, 0.1) is 22.3 Å². The van der Waals surface area contributed by atoms with Gasteiger partial charge in [-0.2, -0.15) is 0 Å². The summed E-state index contributed by atoms with van der Waals surface area (Å²) in [6.07, 6.45) is 1.73. The molecule has 0 aliphatic carbocycles. The molecule has 21 heavy (non-hydrogen) atoms. The molecule has 2 aromatic rings. The summed E-state index contributed by atoms with van der Waals surface area (Å²) >= 11 is 1.28. The number of aromatic nitrogens is 1. The number of esters is 1. The predicted octanol–water partition coefficient (Wildman–Crippen LogP) is 3.04. The smallest absolute Gasteiger partial charge is 0.316 e. The zero-order valence-electron chi connectivity index (χ0n) is 11.4. The molecule has 0 aliphatic rings. The van der Waals surface area contributed by atoms with Crippen LogP contribution in [0.3, 0.4) is 0 Å². The van der Waals surface area contributed by atoms with Gasteiger partial charge >= 0.3 is 5.97 Å². The number of para-hydroxylation sites is 2. The van der Waals surface area contributed by atoms with Crippen LogP contribution < -0.4 is 0 Å². The van der Waals surface area contributed by atoms with Crippen LogP contribution in [-0.2, 0) is 9.53 Å². The van der Waals surface area contributed by atoms with Gasteiger partial charge < -0.3 is 9.30 Å². The Hall–Kier alpha value is -2.28. The highest BCUT2D eigenvalue weighted by molar-refractivity contribution is 7.99. The maximum atomic E-state index is 11.4. The van der Waals surface area contributed by atoms with E-state index in [4.69, 9.17) is 4.74 Å². The molecule has 0 saturated carbocycles. The van der Waals surface area contributed by atoms with Gasteiger partial charge in [0.15, 0.2) is 0 Å². The highest BCUT2D eigenvalue weighted by Gasteiger charge is 2.16. The third-order valence-electron chi connectivity index (χ3n) is 2.69. The van der Waals surface area contributed by atoms with Gasteiger partial charge in [-0.1, -0.05) is 23.9 Å². The monoisotopic (exact) mass is 306 g/mol. The Morgan fingerprint density at radius 3 is 2.81 bits per heavy atom. The van der Waals surface area contributed by atoms with Crippen molar-refractivity contribution in [1.29, 1.82) is 0 Å². The minimum Gasteiger partial charge on any atom is -0.465 e. The van der Waals surface area contributed by atoms with E-state index >= 15 is 0 Å². The fourth-order valence-corrected chi connectivity index (χ4v) is 2.66. The van der Waals surface area contributed by atoms with Crippen LogP contribution in [0.15, 0.2) is 47.6 Å². The lowest BCUT2D eigenvalue weighted by atomic mass is 10.2. The topological polar surface area (TPSA) is 74.4 Å². The second-order valence-corrected chi connectivity index (χ2v) is 5.05. The van der Waals surface area contributed by atoms with Crippen molar-refractivity contribution in [2.24, 2.45) is 0 Å². The number of carbonyl (C=O) groups excluding carboxylic acids is 1. The summed E-state index contributed by atoms with van der Waals surface area (Å²) in [7, 11) is 0. The molecular weight excluding hydrogens is 292 g/mol. The van der Waals surface area contributed by atoms with E-state index in [1.807, 2.05) is 0 Å². The number of nitrogens with zero attached hydrogens (tertiary/aromatic N) is 2. The van der Waals surface area contributed by atoms with Crippen LogP contribution >= 0.6 is 11.8 Å². The number of carbonyl (C=O) groups is 1. The van der Waals surface area contributed by atoms with Crippen LogP contribution in [0.2, 0.25) is 0 Å². The van der Waals surface area contributed by atoms with Crippen LogP contribution in [0, 0.1) is 10.1 Å². The molecule has 2 rings (SSSR count). The molecule has 0 atom stereocenters. The van der Waals surface area contributed by atoms with Gasteiger partial charge in [-0.05, 0) is 25.1 Å². The first-order valence-electron chi connectivity index (χ1n) is 6.33. The molecule has 1 aromatic heterocycles. The first-order chi connectivity index (χ1) is 10.1. The lowest BCUT2D eigenvalue weighted by molar-refractivity contribution is -0.384. The molecule has 7 heteroatoms. The normalized spacial score (nSPS) is 10.3. The van der Waals surface area contributed by atoms with Crippen molar-refractivity contribution in [2.75, 3.05) is 12.4 Å². The van der Waals surface area contributed by atoms with E-state index in [9.17, 15) is 14.9 Å². The van der Waals surface area contributed by atoms with Crippen molar-refractivity contribution in [2.45, 2.75) is 11.9 Å². The number of hydrogen-bond donors (Lipinski definition) is 0. The second kappa shape index (κ2) is 6.94. The molecule has 6 nitrogen and oxygen atoms in total. The summed E-state index contributed by atoms with van der Waals surface area (Å²) in [6, 6.07) is 10.1. The van der Waals surface area contributed by atoms with E-state index in [0.717, 1.165) is 5.03 Å². The summed E-state index contributed by atoms with van der Waals surface area (Å²) in [5.41, 5.74) is 0.491. The van der Waals surface area contributed by atoms with Gasteiger partial charge in [0, 0.05) is 12.3 Å². The summed E-state index contributed by atoms with van der Waals surface area (Å²) < 4.78 is 6.57. The van der Waals surface area contributed by atoms with Crippen LogP contribution in [0.4, 0.5) is 5.69 Å². The molecule has 1 heterocycles. The highest BCUT2D eigenvalue weighted by atomic mass is 32.2. The Bertz CT molecular complexity index is 654. The number of nitro groups is 1. The standard InChI is InChI=1S/C14H14N2O4S/c1-2-20-14(17)10-21-13-8-5-9-15(13)11-6-3-4-7-12(11)16(18)19/h3-9H,2,10H2,1H3. The zero-order valence-corrected chi connectivity index (χ0v) is 12.2. The molecule has 0 radical (unpaired) electrons. The van der Waals surface area contributed by atoms with Crippen molar-refractivity contribution in [3.05, 3.63) is 52.7 Å². The Kier molecular flexibility index (Phi) is 4.99. The minimum atomic E-state index is -0.422. The summed E-state index contributed by atoms with van der Waals surface area (Å²) in [5, 5.41) is 11.8. The van der Waals surface area contributed by atoms with Crippen molar-refractivity contribution >= 4 is 23.4 Å². The van der Waals surface area contributed by atoms with Crippen molar-refractivity contribution in [1.82, 2.24) is 4.57 Å². The van der Waals surface area contributed by atoms with Gasteiger partial charge in [-0.25, -0.2) is 0 Å². The fraction of sp³-hybridized carbons (Fsp3) is 0.214. The molecular formula is C14H14N2O4S. The van der Waals surface area contributed by atoms with Crippen molar-refractivity contribution in [3.63, 3.8) is 0 Å². The van der Waals surface area contributed by atoms with E-state index in [2.05, 4.69) is 0 Å². The third-order valence-corrected chi connectivity index (χ3v) is 3.70. The van der Waals surface area contributed by atoms with Crippen molar-refractivity contribution < 1.29 is 14.5 Å². The maximum Gasteiger partial charge on any atom is 0.316 e. The van der Waals surface area contributed by atoms with Gasteiger partial charge in [0.2, 0.25) is 0 Å². The van der Waals surface area contributed by atoms with Crippen LogP contribution in [0.5, 0.6) is 0 Å². The summed E-state index contributed by atoms with van der Waals surface area (Å²) in [4.78, 5) is 22.1. The maximum absolute atomic E-state index is 11.4. The number of rotatable bonds is 6. The van der Waals surface area contributed by atoms with Crippen LogP contribution in [-0.4, -0.2) is 27.8 Å². The van der Waals surface area contributed by atoms with Gasteiger partial charge in [-0.15, -0.1) is 0 Å². The van der Waals surface area contributed by atoms with E-state index in [0.29, 0.717) is 12.3 Å². The average Bonchev–Trinajstić information content (AvgIpc) is 2.93. The number of thioether (sulfide) groups is 1. The molecule has 0 spiro atoms. The van der Waals surface area contributed by atoms with E-state index < -0.39 is 4.92 Å². The largest absolute Gasteiger partial charge is 0.465 e. The minimum absolute atomic E-state index is 0.0201. The number of nitro benzene ring substituents is 1. The Balaban J connectivity index is 2.25. The molecule has 0 aliphatic heterocycles. The molecule has 0 unspecified atom stereocenters. The van der Waals surface area contributed by atoms with Gasteiger partial charge in [-0.3, -0.25) is 14.9 Å². The summed E-state index contributed by atoms with van der Waals surface area (Å²) in [5.74, 6) is -0.142. The predicted molar refractivity (Wildman–Crippen MR) is 79.8 cm³/mol. The summed E-state index contributed by atoms with van der Waals surface area (Å²) in [6.45, 7) is 2.09. The second-order valence-electron chi connectivity index (χ2n) is 4.06. The quantitative estimate of drug-likeness (QED) is 0.355. The number of hydrogen-bond acceptors (Lipinski definition) is 5. The molecule has 0 saturated heterocycles. The van der Waals surface area contributed by atoms with Crippen molar-refractivity contribution in [3.8, 4) is 5.69 Å². The Morgan fingerprint density at radius 1 is 1.33 bits per heavy atom. The molecule has 0 bridgehead atoms. The molecule has 0 amide bonds. The van der Waals surface area contributed by atoms with Gasteiger partial charge in [0.1, 0.15) is 5.69 Å². The first-order valence-corrected chi connectivity index (χ1v) is 7.31. The lowest BCUT2D eigenvalue weighted by Crippen LogP contribution is -2.07. The SMILES string of the molecule is CCOC(=O)CSc1cccn1-c1ccccc1[N+](=O)[O-]. The molecule has 1 aromatic carbocycles. The lowest BCUT2D eigenvalue weighted by Gasteiger charge is -2.09. The highest BCUT2D eigenvalue weighted by Crippen LogP contribution is 2.28. The zero-order chi connectivity index (χ0) is 15.2. The average molecular weight is 306 g/mol. The van der Waals surface area contributed by atoms with E-state index in [-0.39, 0.29) is 17.4 Å². The fourth-order valence-electron chi connectivity index (χ4n) is 1.84. The van der Waals surface area contributed by atoms with Gasteiger partial charge in [0.25, 0.3) is 5.69 Å². The molecule has 110 valence electrons. The van der Waals surface area contributed by atoms with E-state index in [1.165, 1.54) is 17.8 Å². The number of ether oxygens (including phenoxy) is 1. The van der Waals surface area contributed by atoms with Crippen LogP contribution in [0.1, 0.15) is 6.92 Å². The Morgan fingerprint density at radius 2 is 2.10 bits per heavy atom. The van der Waals surface area contributed by atoms with Crippen LogP contribution in [0.25, 0.3) is 5.69 Å². The molecule has 0 N–H and O–H groups in total. The molecule has 0 fully saturated rings. The number of benzene rings is 1. The first kappa shape index (κ1) is 15.1. The van der Waals surface area contributed by atoms with E-state index in [1.54, 1.807) is 48.0 Å². The Labute approximate surface area is 125 Å².